The van der Waals surface area contributed by atoms with Gasteiger partial charge in [0.15, 0.2) is 0 Å². The minimum atomic E-state index is 0.00344. The minimum Gasteiger partial charge on any atom is -0.376 e. The smallest absolute Gasteiger partial charge is 0.317 e. The van der Waals surface area contributed by atoms with Crippen LogP contribution in [0, 0.1) is 0 Å². The number of rotatable bonds is 3. The van der Waals surface area contributed by atoms with Crippen LogP contribution in [-0.2, 0) is 15.9 Å². The zero-order valence-electron chi connectivity index (χ0n) is 13.0. The number of benzene rings is 1. The van der Waals surface area contributed by atoms with E-state index in [9.17, 15) is 4.79 Å². The van der Waals surface area contributed by atoms with E-state index in [2.05, 4.69) is 17.4 Å². The molecule has 0 spiro atoms. The summed E-state index contributed by atoms with van der Waals surface area (Å²) in [6.45, 7) is 4.63. The molecule has 1 aromatic carbocycles. The summed E-state index contributed by atoms with van der Waals surface area (Å²) in [6, 6.07) is 10.4. The highest BCUT2D eigenvalue weighted by Gasteiger charge is 2.30. The van der Waals surface area contributed by atoms with Crippen LogP contribution in [0.2, 0.25) is 0 Å². The molecule has 2 saturated heterocycles. The fourth-order valence-electron chi connectivity index (χ4n) is 3.08. The monoisotopic (exact) mass is 304 g/mol. The normalized spacial score (nSPS) is 28.6. The molecule has 0 aromatic heterocycles. The highest BCUT2D eigenvalue weighted by atomic mass is 16.5. The first-order chi connectivity index (χ1) is 10.7. The lowest BCUT2D eigenvalue weighted by Gasteiger charge is -2.34. The first-order valence-electron chi connectivity index (χ1n) is 8.05. The number of nitrogens with zero attached hydrogens (tertiary/aromatic N) is 1. The van der Waals surface area contributed by atoms with Gasteiger partial charge < -0.3 is 19.7 Å². The van der Waals surface area contributed by atoms with E-state index < -0.39 is 0 Å². The highest BCUT2D eigenvalue weighted by Crippen LogP contribution is 2.15. The fraction of sp³-hybridized carbons (Fsp3) is 0.588. The summed E-state index contributed by atoms with van der Waals surface area (Å²) in [6.07, 6.45) is 1.90. The maximum absolute atomic E-state index is 12.4. The summed E-state index contributed by atoms with van der Waals surface area (Å²) < 4.78 is 11.3. The third kappa shape index (κ3) is 3.78. The standard InChI is InChI=1S/C17H24N2O3/c1-13-16(7-9-21-13)18-17(20)19-8-10-22-15(12-19)11-14-5-3-2-4-6-14/h2-6,13,15-16H,7-12H2,1H3,(H,18,20)/t13-,15-,16+/m0/s1. The summed E-state index contributed by atoms with van der Waals surface area (Å²) in [4.78, 5) is 14.3. The molecular weight excluding hydrogens is 280 g/mol. The largest absolute Gasteiger partial charge is 0.376 e. The van der Waals surface area contributed by atoms with Crippen molar-refractivity contribution in [2.75, 3.05) is 26.3 Å². The Bertz CT molecular complexity index is 494. The average Bonchev–Trinajstić information content (AvgIpc) is 2.94. The quantitative estimate of drug-likeness (QED) is 0.926. The van der Waals surface area contributed by atoms with Crippen LogP contribution in [0.15, 0.2) is 30.3 Å². The van der Waals surface area contributed by atoms with Crippen molar-refractivity contribution in [3.8, 4) is 0 Å². The van der Waals surface area contributed by atoms with Crippen LogP contribution in [0.4, 0.5) is 4.79 Å². The van der Waals surface area contributed by atoms with Gasteiger partial charge in [-0.3, -0.25) is 0 Å². The van der Waals surface area contributed by atoms with Crippen LogP contribution < -0.4 is 5.32 Å². The highest BCUT2D eigenvalue weighted by molar-refractivity contribution is 5.74. The van der Waals surface area contributed by atoms with E-state index in [0.717, 1.165) is 19.4 Å². The maximum Gasteiger partial charge on any atom is 0.317 e. The van der Waals surface area contributed by atoms with Crippen LogP contribution in [0.1, 0.15) is 18.9 Å². The molecule has 22 heavy (non-hydrogen) atoms. The second-order valence-corrected chi connectivity index (χ2v) is 6.05. The maximum atomic E-state index is 12.4. The van der Waals surface area contributed by atoms with E-state index in [1.807, 2.05) is 30.0 Å². The zero-order valence-corrected chi connectivity index (χ0v) is 13.0. The number of hydrogen-bond donors (Lipinski definition) is 1. The average molecular weight is 304 g/mol. The molecule has 3 rings (SSSR count). The van der Waals surface area contributed by atoms with Crippen LogP contribution in [0.25, 0.3) is 0 Å². The predicted octanol–water partition coefficient (Wildman–Crippen LogP) is 1.82. The molecule has 0 bridgehead atoms. The number of ether oxygens (including phenoxy) is 2. The number of hydrogen-bond acceptors (Lipinski definition) is 3. The van der Waals surface area contributed by atoms with Crippen molar-refractivity contribution in [3.63, 3.8) is 0 Å². The van der Waals surface area contributed by atoms with Crippen LogP contribution in [-0.4, -0.2) is 55.5 Å². The molecule has 2 aliphatic rings. The lowest BCUT2D eigenvalue weighted by molar-refractivity contribution is -0.0139. The van der Waals surface area contributed by atoms with Gasteiger partial charge in [-0.05, 0) is 18.9 Å². The van der Waals surface area contributed by atoms with Crippen LogP contribution in [0.5, 0.6) is 0 Å². The molecule has 0 radical (unpaired) electrons. The van der Waals surface area contributed by atoms with Gasteiger partial charge in [-0.25, -0.2) is 4.79 Å². The molecule has 0 saturated carbocycles. The van der Waals surface area contributed by atoms with Gasteiger partial charge in [0.25, 0.3) is 0 Å². The second-order valence-electron chi connectivity index (χ2n) is 6.05. The number of carbonyl (C=O) groups is 1. The van der Waals surface area contributed by atoms with Crippen molar-refractivity contribution in [2.45, 2.75) is 38.0 Å². The molecule has 1 aromatic rings. The number of amides is 2. The third-order valence-electron chi connectivity index (χ3n) is 4.42. The molecular formula is C17H24N2O3. The number of nitrogens with one attached hydrogen (secondary N) is 1. The Hall–Kier alpha value is -1.59. The summed E-state index contributed by atoms with van der Waals surface area (Å²) in [5, 5.41) is 3.09. The summed E-state index contributed by atoms with van der Waals surface area (Å²) in [5.41, 5.74) is 1.24. The van der Waals surface area contributed by atoms with E-state index in [0.29, 0.717) is 19.7 Å². The Labute approximate surface area is 131 Å². The topological polar surface area (TPSA) is 50.8 Å². The Kier molecular flexibility index (Phi) is 4.95. The van der Waals surface area contributed by atoms with Crippen molar-refractivity contribution < 1.29 is 14.3 Å². The molecule has 0 aliphatic carbocycles. The molecule has 2 heterocycles. The molecule has 3 atom stereocenters. The fourth-order valence-corrected chi connectivity index (χ4v) is 3.08. The third-order valence-corrected chi connectivity index (χ3v) is 4.42. The SMILES string of the molecule is C[C@@H]1OCC[C@H]1NC(=O)N1CCO[C@@H](Cc2ccccc2)C1. The first-order valence-corrected chi connectivity index (χ1v) is 8.05. The van der Waals surface area contributed by atoms with Gasteiger partial charge in [0, 0.05) is 26.1 Å². The van der Waals surface area contributed by atoms with Crippen LogP contribution >= 0.6 is 0 Å². The van der Waals surface area contributed by atoms with Gasteiger partial charge in [-0.2, -0.15) is 0 Å². The molecule has 2 fully saturated rings. The Morgan fingerprint density at radius 3 is 2.82 bits per heavy atom. The molecule has 5 heteroatoms. The van der Waals surface area contributed by atoms with Crippen LogP contribution in [0.3, 0.4) is 0 Å². The lowest BCUT2D eigenvalue weighted by Crippen LogP contribution is -2.53. The zero-order chi connectivity index (χ0) is 15.4. The molecule has 5 nitrogen and oxygen atoms in total. The molecule has 120 valence electrons. The number of morpholine rings is 1. The van der Waals surface area contributed by atoms with Crippen molar-refractivity contribution in [2.24, 2.45) is 0 Å². The predicted molar refractivity (Wildman–Crippen MR) is 83.8 cm³/mol. The summed E-state index contributed by atoms with van der Waals surface area (Å²) in [7, 11) is 0. The minimum absolute atomic E-state index is 0.00344. The number of carbonyl (C=O) groups excluding carboxylic acids is 1. The van der Waals surface area contributed by atoms with E-state index in [1.54, 1.807) is 0 Å². The van der Waals surface area contributed by atoms with Gasteiger partial charge >= 0.3 is 6.03 Å². The van der Waals surface area contributed by atoms with Crippen molar-refractivity contribution in [1.82, 2.24) is 10.2 Å². The Balaban J connectivity index is 1.52. The van der Waals surface area contributed by atoms with Gasteiger partial charge in [0.05, 0.1) is 24.9 Å². The van der Waals surface area contributed by atoms with Gasteiger partial charge in [0.1, 0.15) is 0 Å². The number of urea groups is 1. The second kappa shape index (κ2) is 7.11. The van der Waals surface area contributed by atoms with E-state index in [-0.39, 0.29) is 24.3 Å². The Morgan fingerprint density at radius 1 is 1.27 bits per heavy atom. The summed E-state index contributed by atoms with van der Waals surface area (Å²) in [5.74, 6) is 0. The lowest BCUT2D eigenvalue weighted by atomic mass is 10.1. The van der Waals surface area contributed by atoms with Crippen molar-refractivity contribution >= 4 is 6.03 Å². The Morgan fingerprint density at radius 2 is 2.09 bits per heavy atom. The molecule has 2 aliphatic heterocycles. The first kappa shape index (κ1) is 15.3. The summed E-state index contributed by atoms with van der Waals surface area (Å²) >= 11 is 0. The van der Waals surface area contributed by atoms with E-state index in [1.165, 1.54) is 5.56 Å². The van der Waals surface area contributed by atoms with E-state index >= 15 is 0 Å². The molecule has 0 unspecified atom stereocenters. The van der Waals surface area contributed by atoms with Crippen molar-refractivity contribution in [3.05, 3.63) is 35.9 Å². The van der Waals surface area contributed by atoms with Crippen molar-refractivity contribution in [1.29, 1.82) is 0 Å². The molecule has 1 N–H and O–H groups in total. The van der Waals surface area contributed by atoms with Gasteiger partial charge in [-0.1, -0.05) is 30.3 Å². The van der Waals surface area contributed by atoms with Gasteiger partial charge in [-0.15, -0.1) is 0 Å². The van der Waals surface area contributed by atoms with Gasteiger partial charge in [0.2, 0.25) is 0 Å². The molecule has 2 amide bonds. The van der Waals surface area contributed by atoms with E-state index in [4.69, 9.17) is 9.47 Å².